The number of fused-ring (bicyclic) bond motifs is 1. The minimum absolute atomic E-state index is 0.0876. The van der Waals surface area contributed by atoms with Gasteiger partial charge in [-0.05, 0) is 24.1 Å². The van der Waals surface area contributed by atoms with Crippen LogP contribution in [0.5, 0.6) is 5.75 Å². The van der Waals surface area contributed by atoms with Crippen molar-refractivity contribution in [1.82, 2.24) is 4.98 Å². The van der Waals surface area contributed by atoms with Crippen molar-refractivity contribution >= 4 is 17.0 Å². The molecule has 0 radical (unpaired) electrons. The molecule has 0 bridgehead atoms. The molecule has 0 fully saturated rings. The number of anilines is 1. The molecule has 1 aromatic heterocycles. The molecule has 0 aliphatic heterocycles. The van der Waals surface area contributed by atoms with Gasteiger partial charge in [0.2, 0.25) is 0 Å². The fourth-order valence-electron chi connectivity index (χ4n) is 4.80. The van der Waals surface area contributed by atoms with Crippen molar-refractivity contribution in [2.45, 2.75) is 110 Å². The average molecular weight is 464 g/mol. The van der Waals surface area contributed by atoms with Gasteiger partial charge in [0.05, 0.1) is 13.1 Å². The van der Waals surface area contributed by atoms with E-state index in [1.165, 1.54) is 95.4 Å². The first kappa shape index (κ1) is 26.1. The molecule has 0 saturated carbocycles. The molecular formula is C30H45N3O. The second-order valence-corrected chi connectivity index (χ2v) is 9.70. The highest BCUT2D eigenvalue weighted by Crippen LogP contribution is 2.17. The molecule has 2 N–H and O–H groups in total. The third-order valence-electron chi connectivity index (χ3n) is 6.87. The third kappa shape index (κ3) is 8.70. The van der Waals surface area contributed by atoms with Gasteiger partial charge in [-0.15, -0.1) is 5.75 Å². The molecular weight excluding hydrogens is 418 g/mol. The average Bonchev–Trinajstić information content (AvgIpc) is 3.21. The van der Waals surface area contributed by atoms with Gasteiger partial charge in [0.1, 0.15) is 11.0 Å². The van der Waals surface area contributed by atoms with Crippen molar-refractivity contribution in [2.75, 3.05) is 5.32 Å². The van der Waals surface area contributed by atoms with Crippen LogP contribution in [0.1, 0.15) is 102 Å². The normalized spacial score (nSPS) is 11.3. The Balaban J connectivity index is 1.34. The predicted octanol–water partition coefficient (Wildman–Crippen LogP) is 7.62. The number of para-hydroxylation sites is 3. The van der Waals surface area contributed by atoms with Crippen LogP contribution in [0, 0.1) is 0 Å². The molecule has 4 nitrogen and oxygen atoms in total. The van der Waals surface area contributed by atoms with E-state index in [4.69, 9.17) is 0 Å². The van der Waals surface area contributed by atoms with Crippen molar-refractivity contribution in [3.05, 3.63) is 54.1 Å². The highest BCUT2D eigenvalue weighted by Gasteiger charge is 2.16. The lowest BCUT2D eigenvalue weighted by Gasteiger charge is -2.11. The Morgan fingerprint density at radius 3 is 1.91 bits per heavy atom. The van der Waals surface area contributed by atoms with Crippen molar-refractivity contribution < 1.29 is 9.67 Å². The molecule has 4 heteroatoms. The fourth-order valence-corrected chi connectivity index (χ4v) is 4.80. The summed E-state index contributed by atoms with van der Waals surface area (Å²) in [6, 6.07) is 15.7. The maximum absolute atomic E-state index is 12.1. The number of aromatic nitrogens is 2. The van der Waals surface area contributed by atoms with Crippen molar-refractivity contribution in [3.8, 4) is 5.75 Å². The van der Waals surface area contributed by atoms with E-state index >= 15 is 0 Å². The molecule has 1 heterocycles. The van der Waals surface area contributed by atoms with E-state index in [2.05, 4.69) is 46.1 Å². The Morgan fingerprint density at radius 1 is 0.706 bits per heavy atom. The van der Waals surface area contributed by atoms with Crippen LogP contribution in [-0.2, 0) is 13.1 Å². The van der Waals surface area contributed by atoms with E-state index in [1.807, 2.05) is 12.1 Å². The lowest BCUT2D eigenvalue weighted by molar-refractivity contribution is -0.657. The lowest BCUT2D eigenvalue weighted by atomic mass is 10.0. The lowest BCUT2D eigenvalue weighted by Crippen LogP contribution is -2.36. The summed E-state index contributed by atoms with van der Waals surface area (Å²) in [6.45, 7) is 3.81. The number of hydrogen-bond donors (Lipinski definition) is 2. The number of nitrogens with one attached hydrogen (secondary N) is 2. The van der Waals surface area contributed by atoms with Gasteiger partial charge in [0, 0.05) is 0 Å². The second-order valence-electron chi connectivity index (χ2n) is 9.70. The van der Waals surface area contributed by atoms with E-state index in [-0.39, 0.29) is 5.75 Å². The van der Waals surface area contributed by atoms with Crippen LogP contribution >= 0.6 is 0 Å². The van der Waals surface area contributed by atoms with Gasteiger partial charge in [-0.25, -0.2) is 9.55 Å². The smallest absolute Gasteiger partial charge is 0.356 e. The molecule has 186 valence electrons. The zero-order chi connectivity index (χ0) is 23.8. The Hall–Kier alpha value is -2.49. The van der Waals surface area contributed by atoms with Crippen molar-refractivity contribution in [2.24, 2.45) is 0 Å². The Kier molecular flexibility index (Phi) is 11.8. The van der Waals surface area contributed by atoms with E-state index in [1.54, 1.807) is 12.1 Å². The summed E-state index contributed by atoms with van der Waals surface area (Å²) in [5.74, 6) is 1.07. The molecule has 3 aromatic rings. The Labute approximate surface area is 206 Å². The van der Waals surface area contributed by atoms with Gasteiger partial charge in [-0.1, -0.05) is 127 Å². The molecule has 0 spiro atoms. The first-order valence-electron chi connectivity index (χ1n) is 13.8. The van der Waals surface area contributed by atoms with Gasteiger partial charge in [0.25, 0.3) is 0 Å². The number of imidazole rings is 1. The van der Waals surface area contributed by atoms with Crippen LogP contribution < -0.4 is 15.0 Å². The first-order chi connectivity index (χ1) is 16.8. The number of rotatable bonds is 18. The van der Waals surface area contributed by atoms with Crippen LogP contribution in [0.3, 0.4) is 0 Å². The molecule has 0 atom stereocenters. The molecule has 0 aliphatic rings. The SMILES string of the molecule is CCCCCCCCCCCCCCCC[n+]1c(NCc2ccccc2[O-])[nH]c2ccccc21. The zero-order valence-electron chi connectivity index (χ0n) is 21.3. The molecule has 0 unspecified atom stereocenters. The molecule has 0 saturated heterocycles. The number of aromatic amines is 1. The number of benzene rings is 2. The molecule has 0 amide bonds. The van der Waals surface area contributed by atoms with Crippen molar-refractivity contribution in [3.63, 3.8) is 0 Å². The number of aryl methyl sites for hydroxylation is 1. The molecule has 0 aliphatic carbocycles. The highest BCUT2D eigenvalue weighted by molar-refractivity contribution is 5.72. The Morgan fingerprint density at radius 2 is 1.26 bits per heavy atom. The van der Waals surface area contributed by atoms with Gasteiger partial charge < -0.3 is 5.11 Å². The topological polar surface area (TPSA) is 54.8 Å². The van der Waals surface area contributed by atoms with Crippen LogP contribution in [0.2, 0.25) is 0 Å². The van der Waals surface area contributed by atoms with Crippen molar-refractivity contribution in [1.29, 1.82) is 0 Å². The van der Waals surface area contributed by atoms with Gasteiger partial charge in [-0.2, -0.15) is 0 Å². The minimum atomic E-state index is 0.0876. The first-order valence-corrected chi connectivity index (χ1v) is 13.8. The van der Waals surface area contributed by atoms with Gasteiger partial charge in [0.15, 0.2) is 0 Å². The zero-order valence-corrected chi connectivity index (χ0v) is 21.3. The quantitative estimate of drug-likeness (QED) is 0.150. The van der Waals surface area contributed by atoms with Gasteiger partial charge >= 0.3 is 5.95 Å². The maximum atomic E-state index is 12.1. The molecule has 3 rings (SSSR count). The summed E-state index contributed by atoms with van der Waals surface area (Å²) in [7, 11) is 0. The minimum Gasteiger partial charge on any atom is -0.872 e. The maximum Gasteiger partial charge on any atom is 0.356 e. The summed E-state index contributed by atoms with van der Waals surface area (Å²) in [6.07, 6.45) is 19.3. The third-order valence-corrected chi connectivity index (χ3v) is 6.87. The standard InChI is InChI=1S/C30H45N3O/c1-2-3-4-5-6-7-8-9-10-11-12-13-14-19-24-33-28-22-17-16-21-27(28)32-30(33)31-25-26-20-15-18-23-29(26)34/h15-18,20-23H,2-14,19,24-25H2,1H3,(H2,31,32,34). The summed E-state index contributed by atoms with van der Waals surface area (Å²) >= 11 is 0. The van der Waals surface area contributed by atoms with Crippen LogP contribution in [0.4, 0.5) is 5.95 Å². The van der Waals surface area contributed by atoms with Gasteiger partial charge in [-0.3, -0.25) is 5.32 Å². The van der Waals surface area contributed by atoms with E-state index < -0.39 is 0 Å². The summed E-state index contributed by atoms with van der Waals surface area (Å²) in [5.41, 5.74) is 3.14. The second kappa shape index (κ2) is 15.4. The number of unbranched alkanes of at least 4 members (excludes halogenated alkanes) is 13. The number of nitrogens with zero attached hydrogens (tertiary/aromatic N) is 1. The van der Waals surface area contributed by atoms with Crippen LogP contribution in [-0.4, -0.2) is 4.98 Å². The van der Waals surface area contributed by atoms with Crippen LogP contribution in [0.25, 0.3) is 11.0 Å². The molecule has 34 heavy (non-hydrogen) atoms. The molecule has 2 aromatic carbocycles. The fraction of sp³-hybridized carbons (Fsp3) is 0.567. The number of hydrogen-bond acceptors (Lipinski definition) is 2. The highest BCUT2D eigenvalue weighted by atomic mass is 16.3. The Bertz CT molecular complexity index is 949. The summed E-state index contributed by atoms with van der Waals surface area (Å²) in [4.78, 5) is 3.50. The van der Waals surface area contributed by atoms with Crippen LogP contribution in [0.15, 0.2) is 48.5 Å². The van der Waals surface area contributed by atoms with E-state index in [0.717, 1.165) is 23.6 Å². The summed E-state index contributed by atoms with van der Waals surface area (Å²) in [5, 5.41) is 15.5. The predicted molar refractivity (Wildman–Crippen MR) is 142 cm³/mol. The summed E-state index contributed by atoms with van der Waals surface area (Å²) < 4.78 is 2.34. The van der Waals surface area contributed by atoms with E-state index in [9.17, 15) is 5.11 Å². The number of H-pyrrole nitrogens is 1. The van der Waals surface area contributed by atoms with E-state index in [0.29, 0.717) is 6.54 Å². The monoisotopic (exact) mass is 463 g/mol. The largest absolute Gasteiger partial charge is 0.872 e.